The molecule has 0 aliphatic heterocycles. The highest BCUT2D eigenvalue weighted by Crippen LogP contribution is 2.34. The average Bonchev–Trinajstić information content (AvgIpc) is 2.47. The highest BCUT2D eigenvalue weighted by Gasteiger charge is 2.22. The monoisotopic (exact) mass is 257 g/mol. The van der Waals surface area contributed by atoms with Gasteiger partial charge in [0.15, 0.2) is 0 Å². The van der Waals surface area contributed by atoms with Gasteiger partial charge in [0.05, 0.1) is 5.56 Å². The Bertz CT molecular complexity index is 528. The molecular weight excluding hydrogens is 238 g/mol. The van der Waals surface area contributed by atoms with E-state index in [4.69, 9.17) is 4.98 Å². The Labute approximate surface area is 113 Å². The molecule has 3 rings (SSSR count). The molecule has 0 spiro atoms. The molecule has 3 nitrogen and oxygen atoms in total. The fourth-order valence-electron chi connectivity index (χ4n) is 3.21. The van der Waals surface area contributed by atoms with Crippen molar-refractivity contribution in [1.82, 2.24) is 4.98 Å². The van der Waals surface area contributed by atoms with Crippen molar-refractivity contribution in [2.24, 2.45) is 0 Å². The second kappa shape index (κ2) is 5.16. The molecule has 19 heavy (non-hydrogen) atoms. The van der Waals surface area contributed by atoms with Crippen molar-refractivity contribution in [3.05, 3.63) is 34.7 Å². The van der Waals surface area contributed by atoms with Crippen LogP contribution in [0.15, 0.2) is 12.1 Å². The second-order valence-electron chi connectivity index (χ2n) is 5.54. The molecule has 0 radical (unpaired) electrons. The first-order valence-electron chi connectivity index (χ1n) is 7.19. The summed E-state index contributed by atoms with van der Waals surface area (Å²) in [4.78, 5) is 16.2. The summed E-state index contributed by atoms with van der Waals surface area (Å²) >= 11 is 0. The number of hydrogen-bond donors (Lipinski definition) is 1. The molecule has 0 amide bonds. The predicted octanol–water partition coefficient (Wildman–Crippen LogP) is 3.79. The van der Waals surface area contributed by atoms with Crippen molar-refractivity contribution in [2.75, 3.05) is 0 Å². The maximum absolute atomic E-state index is 11.4. The van der Waals surface area contributed by atoms with Gasteiger partial charge in [-0.15, -0.1) is 0 Å². The lowest BCUT2D eigenvalue weighted by Gasteiger charge is -2.23. The highest BCUT2D eigenvalue weighted by atomic mass is 16.4. The number of fused-ring (bicyclic) bond motifs is 1. The standard InChI is InChI=1S/C16H19NO2/c18-16(19)13-10-15(11-6-2-1-3-7-11)17-14-9-5-4-8-12(13)14/h4,8,10-11H,1-3,5-7,9H2,(H,18,19). The van der Waals surface area contributed by atoms with Gasteiger partial charge in [0.2, 0.25) is 0 Å². The topological polar surface area (TPSA) is 50.2 Å². The van der Waals surface area contributed by atoms with E-state index >= 15 is 0 Å². The van der Waals surface area contributed by atoms with Crippen LogP contribution < -0.4 is 0 Å². The van der Waals surface area contributed by atoms with E-state index in [9.17, 15) is 9.90 Å². The van der Waals surface area contributed by atoms with E-state index in [0.717, 1.165) is 42.6 Å². The predicted molar refractivity (Wildman–Crippen MR) is 74.4 cm³/mol. The molecule has 0 aromatic carbocycles. The summed E-state index contributed by atoms with van der Waals surface area (Å²) in [6.07, 6.45) is 11.9. The Morgan fingerprint density at radius 3 is 2.79 bits per heavy atom. The van der Waals surface area contributed by atoms with E-state index in [1.54, 1.807) is 0 Å². The van der Waals surface area contributed by atoms with Crippen LogP contribution in [0.4, 0.5) is 0 Å². The molecule has 1 aromatic heterocycles. The molecule has 1 fully saturated rings. The fourth-order valence-corrected chi connectivity index (χ4v) is 3.21. The summed E-state index contributed by atoms with van der Waals surface area (Å²) in [5, 5.41) is 9.40. The van der Waals surface area contributed by atoms with E-state index in [0.29, 0.717) is 11.5 Å². The third-order valence-corrected chi connectivity index (χ3v) is 4.24. The van der Waals surface area contributed by atoms with Gasteiger partial charge in [-0.3, -0.25) is 4.98 Å². The molecule has 0 atom stereocenters. The molecule has 0 unspecified atom stereocenters. The molecule has 100 valence electrons. The van der Waals surface area contributed by atoms with Gasteiger partial charge in [0.1, 0.15) is 0 Å². The van der Waals surface area contributed by atoms with Crippen molar-refractivity contribution < 1.29 is 9.90 Å². The van der Waals surface area contributed by atoms with E-state index in [1.165, 1.54) is 19.3 Å². The smallest absolute Gasteiger partial charge is 0.336 e. The number of pyridine rings is 1. The number of carboxylic acids is 1. The van der Waals surface area contributed by atoms with Gasteiger partial charge in [-0.05, 0) is 31.7 Å². The molecule has 1 aromatic rings. The Morgan fingerprint density at radius 1 is 1.26 bits per heavy atom. The third kappa shape index (κ3) is 2.42. The maximum Gasteiger partial charge on any atom is 0.336 e. The van der Waals surface area contributed by atoms with E-state index < -0.39 is 5.97 Å². The van der Waals surface area contributed by atoms with Gasteiger partial charge < -0.3 is 5.11 Å². The van der Waals surface area contributed by atoms with Crippen LogP contribution >= 0.6 is 0 Å². The van der Waals surface area contributed by atoms with Gasteiger partial charge >= 0.3 is 5.97 Å². The van der Waals surface area contributed by atoms with E-state index in [1.807, 2.05) is 18.2 Å². The number of nitrogens with zero attached hydrogens (tertiary/aromatic N) is 1. The van der Waals surface area contributed by atoms with Crippen LogP contribution in [0.5, 0.6) is 0 Å². The van der Waals surface area contributed by atoms with Gasteiger partial charge in [0.25, 0.3) is 0 Å². The zero-order valence-corrected chi connectivity index (χ0v) is 11.1. The summed E-state index contributed by atoms with van der Waals surface area (Å²) in [5.41, 5.74) is 3.23. The van der Waals surface area contributed by atoms with Crippen molar-refractivity contribution in [3.63, 3.8) is 0 Å². The molecule has 0 bridgehead atoms. The quantitative estimate of drug-likeness (QED) is 0.877. The minimum Gasteiger partial charge on any atom is -0.478 e. The summed E-state index contributed by atoms with van der Waals surface area (Å²) in [5.74, 6) is -0.370. The molecule has 1 saturated carbocycles. The van der Waals surface area contributed by atoms with Crippen molar-refractivity contribution in [1.29, 1.82) is 0 Å². The first-order valence-corrected chi connectivity index (χ1v) is 7.19. The van der Waals surface area contributed by atoms with Crippen LogP contribution in [-0.4, -0.2) is 16.1 Å². The lowest BCUT2D eigenvalue weighted by Crippen LogP contribution is -2.13. The SMILES string of the molecule is O=C(O)c1cc(C2CCCCC2)nc2c1C=CCC2. The first-order chi connectivity index (χ1) is 9.25. The molecule has 2 aliphatic carbocycles. The van der Waals surface area contributed by atoms with Crippen molar-refractivity contribution in [3.8, 4) is 0 Å². The number of carbonyl (C=O) groups is 1. The zero-order valence-electron chi connectivity index (χ0n) is 11.1. The van der Waals surface area contributed by atoms with E-state index in [-0.39, 0.29) is 0 Å². The number of allylic oxidation sites excluding steroid dienone is 1. The van der Waals surface area contributed by atoms with Crippen LogP contribution in [0, 0.1) is 0 Å². The van der Waals surface area contributed by atoms with Gasteiger partial charge in [-0.2, -0.15) is 0 Å². The maximum atomic E-state index is 11.4. The minimum atomic E-state index is -0.831. The Balaban J connectivity index is 2.04. The number of hydrogen-bond acceptors (Lipinski definition) is 2. The van der Waals surface area contributed by atoms with Crippen LogP contribution in [0.1, 0.15) is 71.8 Å². The van der Waals surface area contributed by atoms with Crippen LogP contribution in [0.3, 0.4) is 0 Å². The van der Waals surface area contributed by atoms with Crippen LogP contribution in [0.25, 0.3) is 6.08 Å². The number of aromatic nitrogens is 1. The number of aromatic carboxylic acids is 1. The van der Waals surface area contributed by atoms with Crippen LogP contribution in [0.2, 0.25) is 0 Å². The zero-order chi connectivity index (χ0) is 13.2. The third-order valence-electron chi connectivity index (χ3n) is 4.24. The van der Waals surface area contributed by atoms with Crippen LogP contribution in [-0.2, 0) is 6.42 Å². The summed E-state index contributed by atoms with van der Waals surface area (Å²) in [7, 11) is 0. The molecular formula is C16H19NO2. The molecule has 0 saturated heterocycles. The molecule has 2 aliphatic rings. The second-order valence-corrected chi connectivity index (χ2v) is 5.54. The summed E-state index contributed by atoms with van der Waals surface area (Å²) in [6, 6.07) is 1.81. The summed E-state index contributed by atoms with van der Waals surface area (Å²) in [6.45, 7) is 0. The minimum absolute atomic E-state index is 0.432. The molecule has 3 heteroatoms. The first kappa shape index (κ1) is 12.4. The number of aryl methyl sites for hydroxylation is 1. The lowest BCUT2D eigenvalue weighted by molar-refractivity contribution is 0.0696. The Hall–Kier alpha value is -1.64. The van der Waals surface area contributed by atoms with Gasteiger partial charge in [-0.1, -0.05) is 31.4 Å². The summed E-state index contributed by atoms with van der Waals surface area (Å²) < 4.78 is 0. The number of rotatable bonds is 2. The van der Waals surface area contributed by atoms with E-state index in [2.05, 4.69) is 0 Å². The van der Waals surface area contributed by atoms with Crippen molar-refractivity contribution in [2.45, 2.75) is 50.9 Å². The fraction of sp³-hybridized carbons (Fsp3) is 0.500. The Morgan fingerprint density at radius 2 is 2.05 bits per heavy atom. The molecule has 1 heterocycles. The van der Waals surface area contributed by atoms with Crippen molar-refractivity contribution >= 4 is 12.0 Å². The Kier molecular flexibility index (Phi) is 3.36. The largest absolute Gasteiger partial charge is 0.478 e. The number of carboxylic acid groups (broad SMARTS) is 1. The normalized spacial score (nSPS) is 19.2. The molecule has 1 N–H and O–H groups in total. The van der Waals surface area contributed by atoms with Gasteiger partial charge in [0, 0.05) is 22.9 Å². The lowest BCUT2D eigenvalue weighted by atomic mass is 9.85. The highest BCUT2D eigenvalue weighted by molar-refractivity contribution is 5.93. The average molecular weight is 257 g/mol. The van der Waals surface area contributed by atoms with Gasteiger partial charge in [-0.25, -0.2) is 4.79 Å².